The Morgan fingerprint density at radius 1 is 1.22 bits per heavy atom. The van der Waals surface area contributed by atoms with Crippen molar-refractivity contribution in [1.29, 1.82) is 0 Å². The van der Waals surface area contributed by atoms with E-state index < -0.39 is 16.2 Å². The van der Waals surface area contributed by atoms with E-state index in [1.54, 1.807) is 0 Å². The molecule has 0 aromatic heterocycles. The van der Waals surface area contributed by atoms with Gasteiger partial charge in [-0.3, -0.25) is 4.18 Å². The van der Waals surface area contributed by atoms with E-state index in [9.17, 15) is 8.42 Å². The minimum Gasteiger partial charge on any atom is -0.262 e. The molecule has 4 heteroatoms. The molecule has 1 unspecified atom stereocenters. The van der Waals surface area contributed by atoms with Crippen molar-refractivity contribution in [2.45, 2.75) is 32.3 Å². The quantitative estimate of drug-likeness (QED) is 0.592. The summed E-state index contributed by atoms with van der Waals surface area (Å²) in [5, 5.41) is 2.34. The molecule has 0 spiro atoms. The number of fused-ring (bicyclic) bond motifs is 1. The van der Waals surface area contributed by atoms with E-state index in [0.717, 1.165) is 30.0 Å². The summed E-state index contributed by atoms with van der Waals surface area (Å²) in [4.78, 5) is 0. The van der Waals surface area contributed by atoms with E-state index in [1.807, 2.05) is 24.3 Å². The van der Waals surface area contributed by atoms with Gasteiger partial charge in [-0.15, -0.1) is 0 Å². The largest absolute Gasteiger partial charge is 0.264 e. The fourth-order valence-corrected chi connectivity index (χ4v) is 3.59. The lowest BCUT2D eigenvalue weighted by molar-refractivity contribution is 0.258. The molecule has 3 nitrogen and oxygen atoms in total. The third-order valence-corrected chi connectivity index (χ3v) is 4.89. The molecule has 0 radical (unpaired) electrons. The molecule has 23 heavy (non-hydrogen) atoms. The average molecular weight is 330 g/mol. The number of benzene rings is 2. The molecule has 0 bridgehead atoms. The van der Waals surface area contributed by atoms with Gasteiger partial charge in [0.05, 0.1) is 12.4 Å². The first-order chi connectivity index (χ1) is 10.9. The molecule has 0 aliphatic heterocycles. The summed E-state index contributed by atoms with van der Waals surface area (Å²) in [7, 11) is -3.47. The van der Waals surface area contributed by atoms with Gasteiger partial charge in [-0.05, 0) is 35.1 Å². The smallest absolute Gasteiger partial charge is 0.262 e. The summed E-state index contributed by atoms with van der Waals surface area (Å²) in [6.07, 6.45) is 5.44. The van der Waals surface area contributed by atoms with E-state index in [0.29, 0.717) is 12.3 Å². The monoisotopic (exact) mass is 330 g/mol. The molecular formula is C19H22O3S. The van der Waals surface area contributed by atoms with Crippen LogP contribution >= 0.6 is 0 Å². The van der Waals surface area contributed by atoms with Crippen LogP contribution < -0.4 is 0 Å². The topological polar surface area (TPSA) is 43.4 Å². The summed E-state index contributed by atoms with van der Waals surface area (Å²) >= 11 is 0. The summed E-state index contributed by atoms with van der Waals surface area (Å²) in [5.41, 5.74) is 2.41. The number of allylic oxidation sites excluding steroid dienone is 1. The highest BCUT2D eigenvalue weighted by Crippen LogP contribution is 2.40. The van der Waals surface area contributed by atoms with Gasteiger partial charge >= 0.3 is 0 Å². The summed E-state index contributed by atoms with van der Waals surface area (Å²) in [6.45, 7) is 2.15. The van der Waals surface area contributed by atoms with Gasteiger partial charge in [0.15, 0.2) is 0 Å². The van der Waals surface area contributed by atoms with Gasteiger partial charge < -0.3 is 0 Å². The van der Waals surface area contributed by atoms with Crippen LogP contribution in [0.2, 0.25) is 0 Å². The molecule has 2 aromatic carbocycles. The Morgan fingerprint density at radius 3 is 2.61 bits per heavy atom. The highest BCUT2D eigenvalue weighted by Gasteiger charge is 2.29. The second-order valence-corrected chi connectivity index (χ2v) is 7.88. The number of hydrogen-bond acceptors (Lipinski definition) is 3. The van der Waals surface area contributed by atoms with Crippen molar-refractivity contribution in [3.8, 4) is 0 Å². The third kappa shape index (κ3) is 4.43. The SMILES string of the molecule is CC[C@@H]1C/C1=C\C(Cc1ccc2ccccc2c1)OS(C)(=O)=O. The predicted molar refractivity (Wildman–Crippen MR) is 93.8 cm³/mol. The van der Waals surface area contributed by atoms with Crippen molar-refractivity contribution in [3.05, 3.63) is 59.7 Å². The molecule has 122 valence electrons. The maximum absolute atomic E-state index is 11.5. The fraction of sp³-hybridized carbons (Fsp3) is 0.368. The standard InChI is InChI=1S/C19H22O3S/c1-3-15-12-18(15)13-19(22-23(2,20)21)11-14-8-9-16-6-4-5-7-17(16)10-14/h4-10,13,15,19H,3,11-12H2,1-2H3/b18-13+/t15-,19?/m1/s1. The Hall–Kier alpha value is -1.65. The van der Waals surface area contributed by atoms with Crippen molar-refractivity contribution in [3.63, 3.8) is 0 Å². The lowest BCUT2D eigenvalue weighted by atomic mass is 10.0. The molecule has 1 fully saturated rings. The first kappa shape index (κ1) is 16.2. The van der Waals surface area contributed by atoms with E-state index in [1.165, 1.54) is 11.0 Å². The highest BCUT2D eigenvalue weighted by atomic mass is 32.2. The van der Waals surface area contributed by atoms with Gasteiger partial charge in [-0.1, -0.05) is 61.0 Å². The normalized spacial score (nSPS) is 20.8. The lowest BCUT2D eigenvalue weighted by Gasteiger charge is -2.13. The van der Waals surface area contributed by atoms with Crippen molar-refractivity contribution < 1.29 is 12.6 Å². The van der Waals surface area contributed by atoms with Gasteiger partial charge in [0.2, 0.25) is 0 Å². The maximum atomic E-state index is 11.5. The van der Waals surface area contributed by atoms with Crippen LogP contribution in [0.15, 0.2) is 54.1 Å². The van der Waals surface area contributed by atoms with E-state index in [4.69, 9.17) is 4.18 Å². The van der Waals surface area contributed by atoms with Crippen LogP contribution in [0.1, 0.15) is 25.3 Å². The molecule has 2 aromatic rings. The molecule has 1 saturated carbocycles. The van der Waals surface area contributed by atoms with Gasteiger partial charge in [-0.2, -0.15) is 8.42 Å². The lowest BCUT2D eigenvalue weighted by Crippen LogP contribution is -2.18. The number of rotatable bonds is 6. The molecule has 0 amide bonds. The van der Waals surface area contributed by atoms with Crippen LogP contribution in [0.3, 0.4) is 0 Å². The van der Waals surface area contributed by atoms with Crippen LogP contribution in [0.4, 0.5) is 0 Å². The minimum atomic E-state index is -3.47. The van der Waals surface area contributed by atoms with Crippen molar-refractivity contribution in [2.75, 3.05) is 6.26 Å². The molecule has 2 atom stereocenters. The van der Waals surface area contributed by atoms with E-state index >= 15 is 0 Å². The molecule has 3 rings (SSSR count). The summed E-state index contributed by atoms with van der Waals surface area (Å²) in [5.74, 6) is 0.609. The van der Waals surface area contributed by atoms with Crippen LogP contribution in [0.25, 0.3) is 10.8 Å². The molecule has 0 N–H and O–H groups in total. The fourth-order valence-electron chi connectivity index (χ4n) is 3.02. The Balaban J connectivity index is 1.83. The third-order valence-electron chi connectivity index (χ3n) is 4.29. The van der Waals surface area contributed by atoms with Gasteiger partial charge in [0.25, 0.3) is 10.1 Å². The van der Waals surface area contributed by atoms with Crippen LogP contribution in [-0.4, -0.2) is 20.8 Å². The molecule has 1 aliphatic carbocycles. The summed E-state index contributed by atoms with van der Waals surface area (Å²) in [6, 6.07) is 14.4. The first-order valence-corrected chi connectivity index (χ1v) is 9.83. The predicted octanol–water partition coefficient (Wildman–Crippen LogP) is 4.08. The molecular weight excluding hydrogens is 308 g/mol. The van der Waals surface area contributed by atoms with Crippen LogP contribution in [0.5, 0.6) is 0 Å². The van der Waals surface area contributed by atoms with Crippen LogP contribution in [0, 0.1) is 5.92 Å². The van der Waals surface area contributed by atoms with Crippen molar-refractivity contribution in [2.24, 2.45) is 5.92 Å². The second-order valence-electron chi connectivity index (χ2n) is 6.28. The maximum Gasteiger partial charge on any atom is 0.264 e. The van der Waals surface area contributed by atoms with Crippen molar-refractivity contribution in [1.82, 2.24) is 0 Å². The van der Waals surface area contributed by atoms with Crippen molar-refractivity contribution >= 4 is 20.9 Å². The Bertz CT molecular complexity index is 837. The number of hydrogen-bond donors (Lipinski definition) is 0. The second kappa shape index (κ2) is 6.46. The zero-order valence-electron chi connectivity index (χ0n) is 13.5. The van der Waals surface area contributed by atoms with Gasteiger partial charge in [-0.25, -0.2) is 0 Å². The minimum absolute atomic E-state index is 0.419. The molecule has 0 saturated heterocycles. The van der Waals surface area contributed by atoms with E-state index in [-0.39, 0.29) is 0 Å². The summed E-state index contributed by atoms with van der Waals surface area (Å²) < 4.78 is 28.4. The Labute approximate surface area is 138 Å². The van der Waals surface area contributed by atoms with Gasteiger partial charge in [0.1, 0.15) is 0 Å². The molecule has 0 heterocycles. The highest BCUT2D eigenvalue weighted by molar-refractivity contribution is 7.86. The first-order valence-electron chi connectivity index (χ1n) is 8.01. The van der Waals surface area contributed by atoms with Crippen LogP contribution in [-0.2, 0) is 20.7 Å². The average Bonchev–Trinajstić information content (AvgIpc) is 3.23. The Kier molecular flexibility index (Phi) is 4.55. The molecule has 1 aliphatic rings. The zero-order valence-corrected chi connectivity index (χ0v) is 14.3. The van der Waals surface area contributed by atoms with E-state index in [2.05, 4.69) is 31.2 Å². The Morgan fingerprint density at radius 2 is 1.96 bits per heavy atom. The zero-order chi connectivity index (χ0) is 16.4. The van der Waals surface area contributed by atoms with Gasteiger partial charge in [0, 0.05) is 6.42 Å².